The summed E-state index contributed by atoms with van der Waals surface area (Å²) in [5.41, 5.74) is 0.264. The molecule has 0 saturated carbocycles. The molecule has 9 heteroatoms. The number of morpholine rings is 1. The second-order valence-electron chi connectivity index (χ2n) is 6.61. The Balaban J connectivity index is 1.91. The van der Waals surface area contributed by atoms with Crippen LogP contribution in [0.1, 0.15) is 18.5 Å². The molecule has 0 radical (unpaired) electrons. The lowest BCUT2D eigenvalue weighted by Crippen LogP contribution is -2.46. The van der Waals surface area contributed by atoms with E-state index in [2.05, 4.69) is 4.72 Å². The van der Waals surface area contributed by atoms with Crippen LogP contribution in [0.4, 0.5) is 4.39 Å². The van der Waals surface area contributed by atoms with Crippen LogP contribution in [0.3, 0.4) is 0 Å². The van der Waals surface area contributed by atoms with Gasteiger partial charge in [-0.15, -0.1) is 0 Å². The second kappa shape index (κ2) is 9.07. The smallest absolute Gasteiger partial charge is 0.242 e. The highest BCUT2D eigenvalue weighted by Crippen LogP contribution is 2.31. The topological polar surface area (TPSA) is 58.6 Å². The summed E-state index contributed by atoms with van der Waals surface area (Å²) in [5.74, 6) is -0.478. The number of hydrogen-bond acceptors (Lipinski definition) is 4. The van der Waals surface area contributed by atoms with E-state index in [0.29, 0.717) is 19.7 Å². The van der Waals surface area contributed by atoms with Gasteiger partial charge in [0.15, 0.2) is 0 Å². The fourth-order valence-electron chi connectivity index (χ4n) is 3.30. The van der Waals surface area contributed by atoms with Crippen molar-refractivity contribution in [3.63, 3.8) is 0 Å². The summed E-state index contributed by atoms with van der Waals surface area (Å²) in [4.78, 5) is 1.96. The van der Waals surface area contributed by atoms with Crippen molar-refractivity contribution >= 4 is 33.2 Å². The molecule has 1 saturated heterocycles. The van der Waals surface area contributed by atoms with E-state index >= 15 is 0 Å². The maximum atomic E-state index is 14.6. The molecule has 28 heavy (non-hydrogen) atoms. The van der Waals surface area contributed by atoms with E-state index in [1.54, 1.807) is 18.2 Å². The quantitative estimate of drug-likeness (QED) is 0.731. The maximum Gasteiger partial charge on any atom is 0.242 e. The zero-order valence-corrected chi connectivity index (χ0v) is 17.6. The van der Waals surface area contributed by atoms with Gasteiger partial charge in [-0.25, -0.2) is 17.5 Å². The van der Waals surface area contributed by atoms with Gasteiger partial charge >= 0.3 is 0 Å². The van der Waals surface area contributed by atoms with Gasteiger partial charge in [0.25, 0.3) is 0 Å². The van der Waals surface area contributed by atoms with E-state index in [-0.39, 0.29) is 33.2 Å². The normalized spacial score (nSPS) is 19.5. The molecule has 0 spiro atoms. The molecule has 1 aliphatic heterocycles. The number of benzene rings is 2. The van der Waals surface area contributed by atoms with Crippen LogP contribution in [-0.4, -0.2) is 45.7 Å². The Kier molecular flexibility index (Phi) is 6.96. The Bertz CT molecular complexity index is 922. The highest BCUT2D eigenvalue weighted by atomic mass is 35.5. The van der Waals surface area contributed by atoms with Crippen molar-refractivity contribution < 1.29 is 17.5 Å². The number of hydrogen-bond donors (Lipinski definition) is 1. The lowest BCUT2D eigenvalue weighted by atomic mass is 10.0. The minimum Gasteiger partial charge on any atom is -0.376 e. The van der Waals surface area contributed by atoms with Crippen molar-refractivity contribution in [1.29, 1.82) is 0 Å². The molecule has 0 aromatic heterocycles. The Labute approximate surface area is 174 Å². The van der Waals surface area contributed by atoms with Gasteiger partial charge in [0.05, 0.1) is 23.8 Å². The monoisotopic (exact) mass is 446 g/mol. The van der Waals surface area contributed by atoms with E-state index in [1.807, 2.05) is 11.8 Å². The zero-order chi connectivity index (χ0) is 20.3. The van der Waals surface area contributed by atoms with Crippen LogP contribution in [0.25, 0.3) is 0 Å². The Morgan fingerprint density at radius 1 is 1.21 bits per heavy atom. The van der Waals surface area contributed by atoms with Crippen LogP contribution in [0.15, 0.2) is 47.4 Å². The predicted molar refractivity (Wildman–Crippen MR) is 108 cm³/mol. The molecule has 1 fully saturated rings. The van der Waals surface area contributed by atoms with Gasteiger partial charge < -0.3 is 4.74 Å². The average molecular weight is 447 g/mol. The molecule has 5 nitrogen and oxygen atoms in total. The summed E-state index contributed by atoms with van der Waals surface area (Å²) in [6.07, 6.45) is -0.0537. The molecule has 152 valence electrons. The van der Waals surface area contributed by atoms with E-state index in [1.165, 1.54) is 24.3 Å². The molecule has 0 aliphatic carbocycles. The highest BCUT2D eigenvalue weighted by molar-refractivity contribution is 7.89. The third-order valence-electron chi connectivity index (χ3n) is 4.64. The molecule has 1 aliphatic rings. The Hall–Kier alpha value is -1.22. The second-order valence-corrected chi connectivity index (χ2v) is 9.16. The summed E-state index contributed by atoms with van der Waals surface area (Å²) in [5, 5.41) is 0.372. The molecule has 0 bridgehead atoms. The Morgan fingerprint density at radius 3 is 2.61 bits per heavy atom. The first-order valence-electron chi connectivity index (χ1n) is 8.83. The van der Waals surface area contributed by atoms with Crippen LogP contribution in [0.5, 0.6) is 0 Å². The molecular formula is C19H21Cl2FN2O3S. The number of halogens is 3. The third kappa shape index (κ3) is 4.84. The average Bonchev–Trinajstić information content (AvgIpc) is 2.64. The SMILES string of the molecule is CC1CN(C(CNS(=O)(=O)c2ccccc2Cl)c2c(F)cccc2Cl)CCO1. The van der Waals surface area contributed by atoms with Crippen molar-refractivity contribution in [1.82, 2.24) is 9.62 Å². The summed E-state index contributed by atoms with van der Waals surface area (Å²) in [6, 6.07) is 10.0. The van der Waals surface area contributed by atoms with Crippen molar-refractivity contribution in [3.8, 4) is 0 Å². The number of nitrogens with one attached hydrogen (secondary N) is 1. The fraction of sp³-hybridized carbons (Fsp3) is 0.368. The van der Waals surface area contributed by atoms with Crippen LogP contribution < -0.4 is 4.72 Å². The largest absolute Gasteiger partial charge is 0.376 e. The van der Waals surface area contributed by atoms with Gasteiger partial charge in [-0.2, -0.15) is 0 Å². The van der Waals surface area contributed by atoms with E-state index in [4.69, 9.17) is 27.9 Å². The van der Waals surface area contributed by atoms with Crippen molar-refractivity contribution in [2.24, 2.45) is 0 Å². The van der Waals surface area contributed by atoms with Gasteiger partial charge in [0, 0.05) is 30.2 Å². The predicted octanol–water partition coefficient (Wildman–Crippen LogP) is 3.87. The van der Waals surface area contributed by atoms with Crippen LogP contribution in [0.2, 0.25) is 10.0 Å². The summed E-state index contributed by atoms with van der Waals surface area (Å²) in [7, 11) is -3.88. The third-order valence-corrected chi connectivity index (χ3v) is 6.89. The molecule has 2 aromatic rings. The van der Waals surface area contributed by atoms with Crippen LogP contribution >= 0.6 is 23.2 Å². The van der Waals surface area contributed by atoms with Crippen molar-refractivity contribution in [2.75, 3.05) is 26.2 Å². The molecule has 1 heterocycles. The van der Waals surface area contributed by atoms with Crippen LogP contribution in [-0.2, 0) is 14.8 Å². The minimum atomic E-state index is -3.88. The maximum absolute atomic E-state index is 14.6. The molecule has 3 rings (SSSR count). The molecule has 1 N–H and O–H groups in total. The first-order chi connectivity index (χ1) is 13.3. The minimum absolute atomic E-state index is 0.0228. The Morgan fingerprint density at radius 2 is 1.93 bits per heavy atom. The summed E-state index contributed by atoms with van der Waals surface area (Å²) < 4.78 is 48.2. The molecule has 2 aromatic carbocycles. The van der Waals surface area contributed by atoms with Gasteiger partial charge in [0.1, 0.15) is 10.7 Å². The summed E-state index contributed by atoms with van der Waals surface area (Å²) in [6.45, 7) is 3.40. The van der Waals surface area contributed by atoms with Gasteiger partial charge in [0.2, 0.25) is 10.0 Å². The standard InChI is InChI=1S/C19H21Cl2FN2O3S/c1-13-12-24(9-10-27-13)17(19-15(21)6-4-7-16(19)22)11-23-28(25,26)18-8-3-2-5-14(18)20/h2-8,13,17,23H,9-12H2,1H3. The number of sulfonamides is 1. The van der Waals surface area contributed by atoms with E-state index in [9.17, 15) is 12.8 Å². The summed E-state index contributed by atoms with van der Waals surface area (Å²) >= 11 is 12.3. The number of nitrogens with zero attached hydrogens (tertiary/aromatic N) is 1. The molecule has 2 atom stereocenters. The number of rotatable bonds is 6. The van der Waals surface area contributed by atoms with E-state index < -0.39 is 21.9 Å². The fourth-order valence-corrected chi connectivity index (χ4v) is 5.14. The van der Waals surface area contributed by atoms with Crippen molar-refractivity contribution in [3.05, 3.63) is 63.9 Å². The molecule has 0 amide bonds. The zero-order valence-electron chi connectivity index (χ0n) is 15.2. The lowest BCUT2D eigenvalue weighted by molar-refractivity contribution is -0.0342. The van der Waals surface area contributed by atoms with Gasteiger partial charge in [-0.1, -0.05) is 41.4 Å². The lowest BCUT2D eigenvalue weighted by Gasteiger charge is -2.38. The van der Waals surface area contributed by atoms with Gasteiger partial charge in [-0.05, 0) is 31.2 Å². The van der Waals surface area contributed by atoms with Crippen molar-refractivity contribution in [2.45, 2.75) is 24.0 Å². The van der Waals surface area contributed by atoms with Gasteiger partial charge in [-0.3, -0.25) is 4.90 Å². The first kappa shape index (κ1) is 21.5. The first-order valence-corrected chi connectivity index (χ1v) is 11.1. The molecular weight excluding hydrogens is 426 g/mol. The van der Waals surface area contributed by atoms with Crippen LogP contribution in [0, 0.1) is 5.82 Å². The molecule has 2 unspecified atom stereocenters. The number of ether oxygens (including phenoxy) is 1. The highest BCUT2D eigenvalue weighted by Gasteiger charge is 2.30. The van der Waals surface area contributed by atoms with E-state index in [0.717, 1.165) is 0 Å².